The predicted octanol–water partition coefficient (Wildman–Crippen LogP) is 3.48. The fourth-order valence-corrected chi connectivity index (χ4v) is 2.75. The topological polar surface area (TPSA) is 20.2 Å². The van der Waals surface area contributed by atoms with Crippen LogP contribution in [0.5, 0.6) is 0 Å². The average molecular weight is 229 g/mol. The van der Waals surface area contributed by atoms with Gasteiger partial charge in [0.1, 0.15) is 0 Å². The van der Waals surface area contributed by atoms with Gasteiger partial charge < -0.3 is 5.11 Å². The molecule has 0 rings (SSSR count). The zero-order chi connectivity index (χ0) is 9.45. The summed E-state index contributed by atoms with van der Waals surface area (Å²) in [6.45, 7) is 0.448. The molecular formula is C8H18Cl2OSi. The Hall–Kier alpha value is 0.757. The molecular weight excluding hydrogens is 211 g/mol. The van der Waals surface area contributed by atoms with Crippen LogP contribution in [-0.2, 0) is 0 Å². The Morgan fingerprint density at radius 3 is 2.00 bits per heavy atom. The molecule has 1 nitrogen and oxygen atoms in total. The summed E-state index contributed by atoms with van der Waals surface area (Å²) in [5, 5.41) is 8.52. The first-order chi connectivity index (χ1) is 5.56. The summed E-state index contributed by atoms with van der Waals surface area (Å²) < 4.78 is 0. The van der Waals surface area contributed by atoms with Gasteiger partial charge in [-0.2, -0.15) is 0 Å². The zero-order valence-electron chi connectivity index (χ0n) is 7.65. The molecule has 0 atom stereocenters. The van der Waals surface area contributed by atoms with Crippen molar-refractivity contribution in [3.8, 4) is 0 Å². The quantitative estimate of drug-likeness (QED) is 0.402. The Morgan fingerprint density at radius 2 is 1.50 bits per heavy atom. The summed E-state index contributed by atoms with van der Waals surface area (Å²) >= 11 is 11.9. The summed E-state index contributed by atoms with van der Waals surface area (Å²) in [4.78, 5) is 0. The smallest absolute Gasteiger partial charge is 0.248 e. The molecule has 0 radical (unpaired) electrons. The zero-order valence-corrected chi connectivity index (χ0v) is 10.2. The SMILES string of the molecule is C[Si](Cl)(Cl)CCCCCCCO. The van der Waals surface area contributed by atoms with E-state index in [2.05, 4.69) is 0 Å². The normalized spacial score (nSPS) is 12.0. The third kappa shape index (κ3) is 10.8. The molecule has 0 unspecified atom stereocenters. The number of aliphatic hydroxyl groups excluding tert-OH is 1. The molecule has 74 valence electrons. The summed E-state index contributed by atoms with van der Waals surface area (Å²) in [6, 6.07) is 0.995. The van der Waals surface area contributed by atoms with E-state index in [0.29, 0.717) is 6.61 Å². The number of aliphatic hydroxyl groups is 1. The molecule has 4 heteroatoms. The van der Waals surface area contributed by atoms with Crippen molar-refractivity contribution in [1.29, 1.82) is 0 Å². The Bertz CT molecular complexity index is 104. The van der Waals surface area contributed by atoms with Crippen molar-refractivity contribution < 1.29 is 5.11 Å². The Labute approximate surface area is 85.5 Å². The van der Waals surface area contributed by atoms with Crippen LogP contribution in [0.15, 0.2) is 0 Å². The maximum absolute atomic E-state index is 8.52. The van der Waals surface area contributed by atoms with Crippen molar-refractivity contribution in [2.45, 2.75) is 44.7 Å². The highest BCUT2D eigenvalue weighted by Gasteiger charge is 2.19. The third-order valence-electron chi connectivity index (χ3n) is 1.77. The van der Waals surface area contributed by atoms with Gasteiger partial charge in [-0.05, 0) is 19.0 Å². The van der Waals surface area contributed by atoms with Crippen LogP contribution < -0.4 is 0 Å². The van der Waals surface area contributed by atoms with E-state index in [-0.39, 0.29) is 0 Å². The van der Waals surface area contributed by atoms with Crippen LogP contribution in [0.1, 0.15) is 32.1 Å². The average Bonchev–Trinajstić information content (AvgIpc) is 1.94. The van der Waals surface area contributed by atoms with E-state index in [1.54, 1.807) is 0 Å². The van der Waals surface area contributed by atoms with Crippen LogP contribution in [0.25, 0.3) is 0 Å². The molecule has 0 bridgehead atoms. The second-order valence-corrected chi connectivity index (χ2v) is 11.5. The molecule has 0 spiro atoms. The van der Waals surface area contributed by atoms with Gasteiger partial charge in [0.25, 0.3) is 0 Å². The molecule has 0 fully saturated rings. The van der Waals surface area contributed by atoms with E-state index in [1.165, 1.54) is 12.8 Å². The van der Waals surface area contributed by atoms with Crippen LogP contribution in [0.2, 0.25) is 12.6 Å². The molecule has 0 saturated carbocycles. The van der Waals surface area contributed by atoms with Gasteiger partial charge in [0.05, 0.1) is 0 Å². The Morgan fingerprint density at radius 1 is 1.00 bits per heavy atom. The Kier molecular flexibility index (Phi) is 7.64. The molecule has 0 heterocycles. The van der Waals surface area contributed by atoms with Crippen LogP contribution >= 0.6 is 22.2 Å². The highest BCUT2D eigenvalue weighted by Crippen LogP contribution is 2.23. The van der Waals surface area contributed by atoms with Crippen molar-refractivity contribution in [3.05, 3.63) is 0 Å². The number of hydrogen-bond acceptors (Lipinski definition) is 1. The third-order valence-corrected chi connectivity index (χ3v) is 4.14. The number of rotatable bonds is 7. The molecule has 0 aromatic carbocycles. The first kappa shape index (κ1) is 12.8. The lowest BCUT2D eigenvalue weighted by molar-refractivity contribution is 0.282. The van der Waals surface area contributed by atoms with Crippen molar-refractivity contribution in [2.24, 2.45) is 0 Å². The molecule has 0 aromatic rings. The lowest BCUT2D eigenvalue weighted by atomic mass is 10.2. The number of halogens is 2. The first-order valence-electron chi connectivity index (χ1n) is 4.55. The minimum absolute atomic E-state index is 0.317. The summed E-state index contributed by atoms with van der Waals surface area (Å²) in [5.41, 5.74) is 0. The molecule has 0 amide bonds. The lowest BCUT2D eigenvalue weighted by Gasteiger charge is -2.08. The number of hydrogen-bond donors (Lipinski definition) is 1. The van der Waals surface area contributed by atoms with Gasteiger partial charge in [-0.25, -0.2) is 0 Å². The van der Waals surface area contributed by atoms with Crippen molar-refractivity contribution in [3.63, 3.8) is 0 Å². The van der Waals surface area contributed by atoms with E-state index in [1.807, 2.05) is 6.55 Å². The van der Waals surface area contributed by atoms with Gasteiger partial charge in [-0.3, -0.25) is 0 Å². The number of unbranched alkanes of at least 4 members (excludes halogenated alkanes) is 4. The lowest BCUT2D eigenvalue weighted by Crippen LogP contribution is -2.11. The van der Waals surface area contributed by atoms with E-state index in [4.69, 9.17) is 27.3 Å². The van der Waals surface area contributed by atoms with Crippen LogP contribution in [0.4, 0.5) is 0 Å². The molecule has 0 aliphatic heterocycles. The fourth-order valence-electron chi connectivity index (χ4n) is 1.08. The fraction of sp³-hybridized carbons (Fsp3) is 1.00. The highest BCUT2D eigenvalue weighted by molar-refractivity contribution is 7.44. The molecule has 0 aliphatic rings. The van der Waals surface area contributed by atoms with Gasteiger partial charge in [0.2, 0.25) is 6.69 Å². The minimum atomic E-state index is -1.83. The van der Waals surface area contributed by atoms with Gasteiger partial charge in [-0.1, -0.05) is 25.7 Å². The van der Waals surface area contributed by atoms with Crippen LogP contribution in [0.3, 0.4) is 0 Å². The van der Waals surface area contributed by atoms with Gasteiger partial charge in [0, 0.05) is 6.61 Å². The van der Waals surface area contributed by atoms with Crippen LogP contribution in [-0.4, -0.2) is 18.4 Å². The van der Waals surface area contributed by atoms with E-state index in [9.17, 15) is 0 Å². The van der Waals surface area contributed by atoms with E-state index < -0.39 is 6.69 Å². The Balaban J connectivity index is 3.01. The second kappa shape index (κ2) is 7.19. The molecule has 0 saturated heterocycles. The largest absolute Gasteiger partial charge is 0.396 e. The summed E-state index contributed by atoms with van der Waals surface area (Å²) in [6.07, 6.45) is 5.58. The van der Waals surface area contributed by atoms with E-state index >= 15 is 0 Å². The van der Waals surface area contributed by atoms with Crippen molar-refractivity contribution in [1.82, 2.24) is 0 Å². The van der Waals surface area contributed by atoms with Crippen molar-refractivity contribution >= 4 is 28.9 Å². The predicted molar refractivity (Wildman–Crippen MR) is 58.3 cm³/mol. The van der Waals surface area contributed by atoms with Crippen molar-refractivity contribution in [2.75, 3.05) is 6.61 Å². The first-order valence-corrected chi connectivity index (χ1v) is 9.28. The molecule has 0 aliphatic carbocycles. The standard InChI is InChI=1S/C8H18Cl2OSi/c1-12(9,10)8-6-4-2-3-5-7-11/h11H,2-8H2,1H3. The van der Waals surface area contributed by atoms with E-state index in [0.717, 1.165) is 25.3 Å². The van der Waals surface area contributed by atoms with Gasteiger partial charge >= 0.3 is 0 Å². The van der Waals surface area contributed by atoms with Crippen LogP contribution in [0, 0.1) is 0 Å². The molecule has 12 heavy (non-hydrogen) atoms. The van der Waals surface area contributed by atoms with Gasteiger partial charge in [-0.15, -0.1) is 22.2 Å². The monoisotopic (exact) mass is 228 g/mol. The molecule has 0 aromatic heterocycles. The van der Waals surface area contributed by atoms with Gasteiger partial charge in [0.15, 0.2) is 0 Å². The maximum Gasteiger partial charge on any atom is 0.248 e. The minimum Gasteiger partial charge on any atom is -0.396 e. The second-order valence-electron chi connectivity index (χ2n) is 3.31. The summed E-state index contributed by atoms with van der Waals surface area (Å²) in [7, 11) is 0. The highest BCUT2D eigenvalue weighted by atomic mass is 35.7. The summed E-state index contributed by atoms with van der Waals surface area (Å²) in [5.74, 6) is 0. The molecule has 1 N–H and O–H groups in total. The maximum atomic E-state index is 8.52.